The van der Waals surface area contributed by atoms with E-state index in [1.165, 1.54) is 10.6 Å². The van der Waals surface area contributed by atoms with E-state index in [2.05, 4.69) is 0 Å². The minimum atomic E-state index is -0.396. The molecule has 1 aromatic carbocycles. The molecule has 0 radical (unpaired) electrons. The van der Waals surface area contributed by atoms with Gasteiger partial charge in [-0.1, -0.05) is 30.3 Å². The fraction of sp³-hybridized carbons (Fsp3) is 0.250. The van der Waals surface area contributed by atoms with Gasteiger partial charge in [0.15, 0.2) is 0 Å². The van der Waals surface area contributed by atoms with Crippen molar-refractivity contribution in [2.24, 2.45) is 0 Å². The van der Waals surface area contributed by atoms with Crippen molar-refractivity contribution in [2.75, 3.05) is 6.61 Å². The van der Waals surface area contributed by atoms with Crippen LogP contribution in [0.25, 0.3) is 0 Å². The molecule has 4 heteroatoms. The Hall–Kier alpha value is -2.36. The molecule has 0 bridgehead atoms. The molecule has 0 unspecified atom stereocenters. The van der Waals surface area contributed by atoms with Gasteiger partial charge >= 0.3 is 5.97 Å². The molecule has 0 atom stereocenters. The molecule has 0 saturated carbocycles. The topological polar surface area (TPSA) is 48.3 Å². The maximum Gasteiger partial charge on any atom is 0.326 e. The lowest BCUT2D eigenvalue weighted by Crippen LogP contribution is -2.24. The third-order valence-electron chi connectivity index (χ3n) is 2.95. The first-order valence-electron chi connectivity index (χ1n) is 6.52. The second-order valence-electron chi connectivity index (χ2n) is 4.63. The highest BCUT2D eigenvalue weighted by atomic mass is 16.5. The van der Waals surface area contributed by atoms with Crippen LogP contribution in [0.2, 0.25) is 0 Å². The first-order valence-corrected chi connectivity index (χ1v) is 6.52. The molecule has 0 amide bonds. The van der Waals surface area contributed by atoms with Crippen molar-refractivity contribution in [3.63, 3.8) is 0 Å². The number of aromatic nitrogens is 1. The zero-order valence-corrected chi connectivity index (χ0v) is 11.4. The minimum Gasteiger partial charge on any atom is -0.464 e. The molecule has 2 rings (SSSR count). The van der Waals surface area contributed by atoms with Gasteiger partial charge < -0.3 is 9.30 Å². The third kappa shape index (κ3) is 4.09. The van der Waals surface area contributed by atoms with Crippen molar-refractivity contribution in [1.29, 1.82) is 0 Å². The first kappa shape index (κ1) is 14.1. The van der Waals surface area contributed by atoms with E-state index in [9.17, 15) is 9.59 Å². The summed E-state index contributed by atoms with van der Waals surface area (Å²) in [5, 5.41) is 0. The fourth-order valence-electron chi connectivity index (χ4n) is 1.85. The summed E-state index contributed by atoms with van der Waals surface area (Å²) in [7, 11) is 0. The van der Waals surface area contributed by atoms with Crippen LogP contribution < -0.4 is 5.56 Å². The predicted molar refractivity (Wildman–Crippen MR) is 76.5 cm³/mol. The van der Waals surface area contributed by atoms with Crippen LogP contribution >= 0.6 is 0 Å². The van der Waals surface area contributed by atoms with Gasteiger partial charge in [-0.2, -0.15) is 0 Å². The third-order valence-corrected chi connectivity index (χ3v) is 2.95. The summed E-state index contributed by atoms with van der Waals surface area (Å²) in [4.78, 5) is 23.3. The van der Waals surface area contributed by atoms with Crippen LogP contribution in [0.3, 0.4) is 0 Å². The van der Waals surface area contributed by atoms with E-state index < -0.39 is 5.97 Å². The molecule has 1 heterocycles. The fourth-order valence-corrected chi connectivity index (χ4v) is 1.85. The Bertz CT molecular complexity index is 632. The zero-order chi connectivity index (χ0) is 14.4. The maximum absolute atomic E-state index is 11.7. The lowest BCUT2D eigenvalue weighted by atomic mass is 10.2. The van der Waals surface area contributed by atoms with Crippen molar-refractivity contribution in [3.8, 4) is 0 Å². The summed E-state index contributed by atoms with van der Waals surface area (Å²) in [6, 6.07) is 13.1. The number of nitrogens with zero attached hydrogens (tertiary/aromatic N) is 1. The largest absolute Gasteiger partial charge is 0.464 e. The summed E-state index contributed by atoms with van der Waals surface area (Å²) in [5.41, 5.74) is 1.81. The van der Waals surface area contributed by atoms with Crippen molar-refractivity contribution in [1.82, 2.24) is 4.57 Å². The Morgan fingerprint density at radius 1 is 1.20 bits per heavy atom. The van der Waals surface area contributed by atoms with E-state index in [0.717, 1.165) is 11.1 Å². The monoisotopic (exact) mass is 271 g/mol. The number of hydrogen-bond donors (Lipinski definition) is 0. The average molecular weight is 271 g/mol. The standard InChI is InChI=1S/C16H17NO3/c1-13-7-9-17(15(18)11-13)12-16(19)20-10-8-14-5-3-2-4-6-14/h2-7,9,11H,8,10,12H2,1H3. The van der Waals surface area contributed by atoms with Crippen LogP contribution in [0.15, 0.2) is 53.5 Å². The second-order valence-corrected chi connectivity index (χ2v) is 4.63. The number of carbonyl (C=O) groups is 1. The number of pyridine rings is 1. The Morgan fingerprint density at radius 3 is 2.65 bits per heavy atom. The lowest BCUT2D eigenvalue weighted by Gasteiger charge is -2.07. The van der Waals surface area contributed by atoms with Gasteiger partial charge in [-0.3, -0.25) is 9.59 Å². The van der Waals surface area contributed by atoms with Crippen molar-refractivity contribution >= 4 is 5.97 Å². The molecule has 0 N–H and O–H groups in total. The van der Waals surface area contributed by atoms with Crippen molar-refractivity contribution < 1.29 is 9.53 Å². The molecule has 0 aliphatic heterocycles. The molecule has 20 heavy (non-hydrogen) atoms. The number of carbonyl (C=O) groups excluding carboxylic acids is 1. The Kier molecular flexibility index (Phi) is 4.71. The predicted octanol–water partition coefficient (Wildman–Crippen LogP) is 1.94. The second kappa shape index (κ2) is 6.70. The summed E-state index contributed by atoms with van der Waals surface area (Å²) < 4.78 is 6.48. The molecule has 0 saturated heterocycles. The van der Waals surface area contributed by atoms with E-state index in [4.69, 9.17) is 4.74 Å². The maximum atomic E-state index is 11.7. The van der Waals surface area contributed by atoms with Crippen molar-refractivity contribution in [2.45, 2.75) is 19.9 Å². The molecule has 2 aromatic rings. The molecule has 0 aliphatic carbocycles. The number of benzene rings is 1. The van der Waals surface area contributed by atoms with Gasteiger partial charge in [-0.05, 0) is 24.1 Å². The van der Waals surface area contributed by atoms with E-state index in [0.29, 0.717) is 13.0 Å². The zero-order valence-electron chi connectivity index (χ0n) is 11.4. The van der Waals surface area contributed by atoms with Crippen LogP contribution in [0.1, 0.15) is 11.1 Å². The first-order chi connectivity index (χ1) is 9.65. The highest BCUT2D eigenvalue weighted by Gasteiger charge is 2.05. The quantitative estimate of drug-likeness (QED) is 0.781. The highest BCUT2D eigenvalue weighted by Crippen LogP contribution is 2.00. The number of hydrogen-bond acceptors (Lipinski definition) is 3. The molecule has 0 spiro atoms. The van der Waals surface area contributed by atoms with Crippen LogP contribution in [0.4, 0.5) is 0 Å². The summed E-state index contributed by atoms with van der Waals surface area (Å²) >= 11 is 0. The SMILES string of the molecule is Cc1ccn(CC(=O)OCCc2ccccc2)c(=O)c1. The molecular formula is C16H17NO3. The van der Waals surface area contributed by atoms with Crippen LogP contribution in [0.5, 0.6) is 0 Å². The van der Waals surface area contributed by atoms with Gasteiger partial charge in [-0.15, -0.1) is 0 Å². The van der Waals surface area contributed by atoms with E-state index >= 15 is 0 Å². The van der Waals surface area contributed by atoms with E-state index in [1.807, 2.05) is 37.3 Å². The van der Waals surface area contributed by atoms with Crippen LogP contribution in [0, 0.1) is 6.92 Å². The van der Waals surface area contributed by atoms with Gasteiger partial charge in [0.25, 0.3) is 5.56 Å². The van der Waals surface area contributed by atoms with Crippen LogP contribution in [-0.2, 0) is 22.5 Å². The molecule has 0 aliphatic rings. The minimum absolute atomic E-state index is 0.0477. The van der Waals surface area contributed by atoms with E-state index in [1.54, 1.807) is 12.3 Å². The number of esters is 1. The van der Waals surface area contributed by atoms with Gasteiger partial charge in [0.1, 0.15) is 6.54 Å². The Morgan fingerprint density at radius 2 is 1.95 bits per heavy atom. The molecular weight excluding hydrogens is 254 g/mol. The van der Waals surface area contributed by atoms with Gasteiger partial charge in [0, 0.05) is 18.7 Å². The smallest absolute Gasteiger partial charge is 0.326 e. The number of aryl methyl sites for hydroxylation is 1. The number of ether oxygens (including phenoxy) is 1. The molecule has 1 aromatic heterocycles. The van der Waals surface area contributed by atoms with Crippen molar-refractivity contribution in [3.05, 3.63) is 70.1 Å². The molecule has 104 valence electrons. The lowest BCUT2D eigenvalue weighted by molar-refractivity contribution is -0.144. The van der Waals surface area contributed by atoms with Gasteiger partial charge in [-0.25, -0.2) is 0 Å². The van der Waals surface area contributed by atoms with E-state index in [-0.39, 0.29) is 12.1 Å². The van der Waals surface area contributed by atoms with Crippen LogP contribution in [-0.4, -0.2) is 17.1 Å². The summed E-state index contributed by atoms with van der Waals surface area (Å²) in [6.45, 7) is 2.11. The number of rotatable bonds is 5. The van der Waals surface area contributed by atoms with Gasteiger partial charge in [0.2, 0.25) is 0 Å². The summed E-state index contributed by atoms with van der Waals surface area (Å²) in [5.74, 6) is -0.396. The average Bonchev–Trinajstić information content (AvgIpc) is 2.43. The highest BCUT2D eigenvalue weighted by molar-refractivity contribution is 5.69. The Balaban J connectivity index is 1.82. The molecule has 4 nitrogen and oxygen atoms in total. The summed E-state index contributed by atoms with van der Waals surface area (Å²) in [6.07, 6.45) is 2.28. The normalized spacial score (nSPS) is 10.2. The molecule has 0 fully saturated rings. The Labute approximate surface area is 117 Å². The van der Waals surface area contributed by atoms with Gasteiger partial charge in [0.05, 0.1) is 6.61 Å².